The maximum Gasteiger partial charge on any atom is 0.319 e. The topological polar surface area (TPSA) is 47.4 Å². The molecule has 7 heteroatoms. The molecule has 0 aliphatic carbocycles. The number of esters is 1. The molecule has 1 aromatic heterocycles. The summed E-state index contributed by atoms with van der Waals surface area (Å²) in [5.74, 6) is 0.0299. The normalized spacial score (nSPS) is 24.1. The van der Waals surface area contributed by atoms with Crippen LogP contribution >= 0.6 is 0 Å². The predicted molar refractivity (Wildman–Crippen MR) is 63.4 cm³/mol. The number of halogens is 2. The van der Waals surface area contributed by atoms with E-state index in [9.17, 15) is 13.6 Å². The van der Waals surface area contributed by atoms with Crippen LogP contribution in [0.3, 0.4) is 0 Å². The minimum absolute atomic E-state index is 0.155. The highest BCUT2D eigenvalue weighted by Gasteiger charge is 2.35. The molecule has 2 rings (SSSR count). The Balaban J connectivity index is 2.01. The average Bonchev–Trinajstić information content (AvgIpc) is 2.95. The van der Waals surface area contributed by atoms with E-state index in [-0.39, 0.29) is 17.8 Å². The molecule has 0 aromatic carbocycles. The first kappa shape index (κ1) is 13.9. The summed E-state index contributed by atoms with van der Waals surface area (Å²) < 4.78 is 31.0. The zero-order valence-electron chi connectivity index (χ0n) is 10.9. The number of rotatable bonds is 4. The second kappa shape index (κ2) is 5.64. The number of alkyl halides is 2. The molecule has 19 heavy (non-hydrogen) atoms. The van der Waals surface area contributed by atoms with E-state index in [2.05, 4.69) is 4.98 Å². The number of imidazole rings is 1. The zero-order valence-corrected chi connectivity index (χ0v) is 10.9. The number of hydrogen-bond acceptors (Lipinski definition) is 4. The molecule has 1 aromatic rings. The number of carbonyl (C=O) groups is 1. The van der Waals surface area contributed by atoms with Gasteiger partial charge < -0.3 is 4.74 Å². The average molecular weight is 273 g/mol. The van der Waals surface area contributed by atoms with Crippen LogP contribution in [0, 0.1) is 11.8 Å². The number of nitrogens with zero attached hydrogens (tertiary/aromatic N) is 3. The minimum atomic E-state index is -2.59. The third-order valence-corrected chi connectivity index (χ3v) is 3.52. The molecule has 106 valence electrons. The van der Waals surface area contributed by atoms with E-state index >= 15 is 0 Å². The first-order valence-corrected chi connectivity index (χ1v) is 6.13. The number of ether oxygens (including phenoxy) is 1. The van der Waals surface area contributed by atoms with Gasteiger partial charge in [-0.2, -0.15) is 8.78 Å². The molecular weight excluding hydrogens is 256 g/mol. The summed E-state index contributed by atoms with van der Waals surface area (Å²) in [5, 5.41) is 0. The monoisotopic (exact) mass is 273 g/mol. The summed E-state index contributed by atoms with van der Waals surface area (Å²) in [6.45, 7) is 0.879. The number of aromatic nitrogens is 2. The van der Waals surface area contributed by atoms with Crippen molar-refractivity contribution in [2.45, 2.75) is 20.0 Å². The molecule has 1 aliphatic rings. The van der Waals surface area contributed by atoms with Crippen molar-refractivity contribution in [3.63, 3.8) is 0 Å². The molecule has 0 bridgehead atoms. The van der Waals surface area contributed by atoms with Crippen molar-refractivity contribution in [2.24, 2.45) is 11.8 Å². The highest BCUT2D eigenvalue weighted by atomic mass is 19.3. The SMILES string of the molecule is COC(=O)C1CN(Cc2nccn2C(F)F)CC1C. The van der Waals surface area contributed by atoms with Gasteiger partial charge in [-0.05, 0) is 5.92 Å². The van der Waals surface area contributed by atoms with E-state index < -0.39 is 6.55 Å². The molecule has 1 fully saturated rings. The van der Waals surface area contributed by atoms with Crippen LogP contribution in [0.4, 0.5) is 8.78 Å². The Morgan fingerprint density at radius 2 is 2.32 bits per heavy atom. The second-order valence-corrected chi connectivity index (χ2v) is 4.83. The molecule has 2 heterocycles. The fourth-order valence-electron chi connectivity index (χ4n) is 2.50. The molecule has 0 N–H and O–H groups in total. The van der Waals surface area contributed by atoms with Crippen molar-refractivity contribution in [1.29, 1.82) is 0 Å². The fraction of sp³-hybridized carbons (Fsp3) is 0.667. The van der Waals surface area contributed by atoms with Crippen LogP contribution in [-0.2, 0) is 16.1 Å². The van der Waals surface area contributed by atoms with Gasteiger partial charge in [0.05, 0.1) is 19.6 Å². The summed E-state index contributed by atoms with van der Waals surface area (Å²) in [4.78, 5) is 17.5. The predicted octanol–water partition coefficient (Wildman–Crippen LogP) is 1.52. The van der Waals surface area contributed by atoms with Crippen molar-refractivity contribution >= 4 is 5.97 Å². The molecule has 0 amide bonds. The maximum atomic E-state index is 12.7. The van der Waals surface area contributed by atoms with Crippen molar-refractivity contribution in [2.75, 3.05) is 20.2 Å². The highest BCUT2D eigenvalue weighted by molar-refractivity contribution is 5.73. The highest BCUT2D eigenvalue weighted by Crippen LogP contribution is 2.25. The second-order valence-electron chi connectivity index (χ2n) is 4.83. The van der Waals surface area contributed by atoms with E-state index in [1.807, 2.05) is 11.8 Å². The fourth-order valence-corrected chi connectivity index (χ4v) is 2.50. The van der Waals surface area contributed by atoms with Crippen molar-refractivity contribution in [3.8, 4) is 0 Å². The smallest absolute Gasteiger partial charge is 0.319 e. The summed E-state index contributed by atoms with van der Waals surface area (Å²) in [6, 6.07) is 0. The van der Waals surface area contributed by atoms with Crippen LogP contribution in [0.25, 0.3) is 0 Å². The lowest BCUT2D eigenvalue weighted by molar-refractivity contribution is -0.146. The van der Waals surface area contributed by atoms with Gasteiger partial charge in [0.15, 0.2) is 0 Å². The van der Waals surface area contributed by atoms with E-state index in [0.29, 0.717) is 25.5 Å². The van der Waals surface area contributed by atoms with Gasteiger partial charge in [-0.25, -0.2) is 4.98 Å². The van der Waals surface area contributed by atoms with E-state index in [1.165, 1.54) is 19.5 Å². The maximum absolute atomic E-state index is 12.7. The molecule has 0 radical (unpaired) electrons. The van der Waals surface area contributed by atoms with Crippen LogP contribution < -0.4 is 0 Å². The van der Waals surface area contributed by atoms with Crippen LogP contribution in [0.2, 0.25) is 0 Å². The zero-order chi connectivity index (χ0) is 14.0. The molecule has 2 unspecified atom stereocenters. The van der Waals surface area contributed by atoms with Gasteiger partial charge in [0, 0.05) is 25.5 Å². The number of hydrogen-bond donors (Lipinski definition) is 0. The van der Waals surface area contributed by atoms with E-state index in [4.69, 9.17) is 4.74 Å². The molecule has 1 aliphatic heterocycles. The van der Waals surface area contributed by atoms with Crippen molar-refractivity contribution in [3.05, 3.63) is 18.2 Å². The third-order valence-electron chi connectivity index (χ3n) is 3.52. The van der Waals surface area contributed by atoms with Crippen LogP contribution in [-0.4, -0.2) is 40.6 Å². The van der Waals surface area contributed by atoms with Crippen LogP contribution in [0.5, 0.6) is 0 Å². The van der Waals surface area contributed by atoms with Crippen LogP contribution in [0.15, 0.2) is 12.4 Å². The summed E-state index contributed by atoms with van der Waals surface area (Å²) in [7, 11) is 1.36. The van der Waals surface area contributed by atoms with Crippen LogP contribution in [0.1, 0.15) is 19.3 Å². The lowest BCUT2D eigenvalue weighted by atomic mass is 9.99. The van der Waals surface area contributed by atoms with E-state index in [1.54, 1.807) is 0 Å². The Labute approximate surface area is 110 Å². The van der Waals surface area contributed by atoms with Crippen molar-refractivity contribution in [1.82, 2.24) is 14.5 Å². The van der Waals surface area contributed by atoms with Gasteiger partial charge in [-0.15, -0.1) is 0 Å². The van der Waals surface area contributed by atoms with Gasteiger partial charge in [0.2, 0.25) is 0 Å². The summed E-state index contributed by atoms with van der Waals surface area (Å²) >= 11 is 0. The lowest BCUT2D eigenvalue weighted by Gasteiger charge is -2.15. The minimum Gasteiger partial charge on any atom is -0.469 e. The quantitative estimate of drug-likeness (QED) is 0.780. The number of methoxy groups -OCH3 is 1. The summed E-state index contributed by atoms with van der Waals surface area (Å²) in [6.07, 6.45) is 2.62. The van der Waals surface area contributed by atoms with Gasteiger partial charge >= 0.3 is 12.5 Å². The summed E-state index contributed by atoms with van der Waals surface area (Å²) in [5.41, 5.74) is 0. The molecule has 1 saturated heterocycles. The first-order valence-electron chi connectivity index (χ1n) is 6.13. The number of likely N-dealkylation sites (tertiary alicyclic amines) is 1. The molecule has 0 saturated carbocycles. The molecule has 2 atom stereocenters. The Morgan fingerprint density at radius 1 is 1.58 bits per heavy atom. The van der Waals surface area contributed by atoms with E-state index in [0.717, 1.165) is 4.57 Å². The third kappa shape index (κ3) is 2.91. The van der Waals surface area contributed by atoms with Crippen molar-refractivity contribution < 1.29 is 18.3 Å². The molecular formula is C12H17F2N3O2. The van der Waals surface area contributed by atoms with Gasteiger partial charge in [-0.1, -0.05) is 6.92 Å². The first-order chi connectivity index (χ1) is 9.02. The Hall–Kier alpha value is -1.50. The van der Waals surface area contributed by atoms with Gasteiger partial charge in [-0.3, -0.25) is 14.3 Å². The lowest BCUT2D eigenvalue weighted by Crippen LogP contribution is -2.25. The molecule has 0 spiro atoms. The Morgan fingerprint density at radius 3 is 2.95 bits per heavy atom. The van der Waals surface area contributed by atoms with Gasteiger partial charge in [0.1, 0.15) is 5.82 Å². The number of carbonyl (C=O) groups excluding carboxylic acids is 1. The standard InChI is InChI=1S/C12H17F2N3O2/c1-8-5-16(6-9(8)11(18)19-2)7-10-15-3-4-17(10)12(13)14/h3-4,8-9,12H,5-7H2,1-2H3. The largest absolute Gasteiger partial charge is 0.469 e. The Kier molecular flexibility index (Phi) is 4.14. The van der Waals surface area contributed by atoms with Gasteiger partial charge in [0.25, 0.3) is 0 Å². The molecule has 5 nitrogen and oxygen atoms in total. The Bertz CT molecular complexity index is 450.